The van der Waals surface area contributed by atoms with Gasteiger partial charge in [0.2, 0.25) is 5.91 Å². The summed E-state index contributed by atoms with van der Waals surface area (Å²) in [6.45, 7) is 0. The molecule has 2 N–H and O–H groups in total. The zero-order valence-corrected chi connectivity index (χ0v) is 11.8. The van der Waals surface area contributed by atoms with Crippen molar-refractivity contribution in [3.63, 3.8) is 0 Å². The number of carbonyl (C=O) groups excluding carboxylic acids is 1. The number of anilines is 1. The lowest BCUT2D eigenvalue weighted by atomic mass is 10.1. The molecule has 0 aromatic heterocycles. The van der Waals surface area contributed by atoms with E-state index in [4.69, 9.17) is 0 Å². The fourth-order valence-electron chi connectivity index (χ4n) is 1.84. The zero-order chi connectivity index (χ0) is 13.7. The van der Waals surface area contributed by atoms with Crippen molar-refractivity contribution in [1.82, 2.24) is 5.32 Å². The van der Waals surface area contributed by atoms with Crippen molar-refractivity contribution in [2.24, 2.45) is 0 Å². The van der Waals surface area contributed by atoms with E-state index < -0.39 is 6.04 Å². The molecule has 1 unspecified atom stereocenters. The fourth-order valence-corrected chi connectivity index (χ4v) is 1.84. The maximum Gasteiger partial charge on any atom is 0.246 e. The quantitative estimate of drug-likeness (QED) is 0.909. The molecule has 1 amide bonds. The first-order valence-corrected chi connectivity index (χ1v) is 5.99. The summed E-state index contributed by atoms with van der Waals surface area (Å²) in [5.41, 5.74) is 1.45. The number of likely N-dealkylation sites (N-methyl/N-ethyl adjacent to an activating group) is 1. The van der Waals surface area contributed by atoms with Crippen LogP contribution in [0.5, 0.6) is 0 Å². The molecule has 0 heterocycles. The third kappa shape index (κ3) is 4.05. The lowest BCUT2D eigenvalue weighted by Crippen LogP contribution is -2.30. The number of rotatable bonds is 4. The molecule has 2 aromatic rings. The minimum absolute atomic E-state index is 0. The van der Waals surface area contributed by atoms with E-state index in [1.165, 1.54) is 24.3 Å². The van der Waals surface area contributed by atoms with Crippen molar-refractivity contribution in [3.05, 3.63) is 66.0 Å². The molecule has 20 heavy (non-hydrogen) atoms. The average molecular weight is 295 g/mol. The normalized spacial score (nSPS) is 11.3. The lowest BCUT2D eigenvalue weighted by Gasteiger charge is -2.16. The minimum atomic E-state index is -0.439. The number of amides is 1. The molecular formula is C15H16ClFN2O. The summed E-state index contributed by atoms with van der Waals surface area (Å²) in [5.74, 6) is -0.508. The zero-order valence-electron chi connectivity index (χ0n) is 11.0. The monoisotopic (exact) mass is 294 g/mol. The highest BCUT2D eigenvalue weighted by molar-refractivity contribution is 5.95. The second kappa shape index (κ2) is 7.62. The van der Waals surface area contributed by atoms with Crippen LogP contribution in [0, 0.1) is 5.82 Å². The van der Waals surface area contributed by atoms with Gasteiger partial charge in [-0.15, -0.1) is 12.4 Å². The Kier molecular flexibility index (Phi) is 6.15. The van der Waals surface area contributed by atoms with E-state index in [0.29, 0.717) is 5.69 Å². The fraction of sp³-hybridized carbons (Fsp3) is 0.133. The van der Waals surface area contributed by atoms with Gasteiger partial charge in [0, 0.05) is 5.69 Å². The Morgan fingerprint density at radius 1 is 1.05 bits per heavy atom. The van der Waals surface area contributed by atoms with Crippen LogP contribution in [0.25, 0.3) is 0 Å². The number of nitrogens with one attached hydrogen (secondary N) is 2. The van der Waals surface area contributed by atoms with Crippen LogP contribution in [-0.2, 0) is 4.79 Å². The van der Waals surface area contributed by atoms with Crippen LogP contribution in [0.3, 0.4) is 0 Å². The first-order valence-electron chi connectivity index (χ1n) is 5.99. The van der Waals surface area contributed by atoms with Gasteiger partial charge in [-0.2, -0.15) is 0 Å². The Labute approximate surface area is 123 Å². The summed E-state index contributed by atoms with van der Waals surface area (Å²) in [4.78, 5) is 12.2. The Balaban J connectivity index is 0.00000200. The van der Waals surface area contributed by atoms with Gasteiger partial charge in [0.1, 0.15) is 11.9 Å². The predicted molar refractivity (Wildman–Crippen MR) is 80.5 cm³/mol. The summed E-state index contributed by atoms with van der Waals surface area (Å²) in [6, 6.07) is 14.7. The Hall–Kier alpha value is -1.91. The van der Waals surface area contributed by atoms with Crippen molar-refractivity contribution in [1.29, 1.82) is 0 Å². The number of halogens is 2. The van der Waals surface area contributed by atoms with Gasteiger partial charge in [-0.1, -0.05) is 30.3 Å². The second-order valence-electron chi connectivity index (χ2n) is 4.13. The van der Waals surface area contributed by atoms with Crippen LogP contribution < -0.4 is 10.6 Å². The van der Waals surface area contributed by atoms with E-state index in [1.807, 2.05) is 30.3 Å². The topological polar surface area (TPSA) is 41.1 Å². The van der Waals surface area contributed by atoms with E-state index in [9.17, 15) is 9.18 Å². The van der Waals surface area contributed by atoms with Gasteiger partial charge in [0.05, 0.1) is 0 Å². The van der Waals surface area contributed by atoms with Crippen LogP contribution in [-0.4, -0.2) is 13.0 Å². The Morgan fingerprint density at radius 3 is 2.20 bits per heavy atom. The van der Waals surface area contributed by atoms with E-state index in [1.54, 1.807) is 7.05 Å². The number of hydrogen-bond donors (Lipinski definition) is 2. The molecular weight excluding hydrogens is 279 g/mol. The molecule has 0 bridgehead atoms. The average Bonchev–Trinajstić information content (AvgIpc) is 2.43. The Morgan fingerprint density at radius 2 is 1.65 bits per heavy atom. The van der Waals surface area contributed by atoms with Crippen molar-refractivity contribution in [2.75, 3.05) is 12.4 Å². The molecule has 0 saturated heterocycles. The van der Waals surface area contributed by atoms with Gasteiger partial charge in [0.15, 0.2) is 0 Å². The van der Waals surface area contributed by atoms with E-state index in [0.717, 1.165) is 5.56 Å². The van der Waals surface area contributed by atoms with Crippen LogP contribution in [0.15, 0.2) is 54.6 Å². The van der Waals surface area contributed by atoms with Crippen molar-refractivity contribution < 1.29 is 9.18 Å². The van der Waals surface area contributed by atoms with Crippen molar-refractivity contribution in [2.45, 2.75) is 6.04 Å². The molecule has 0 fully saturated rings. The molecule has 2 aromatic carbocycles. The summed E-state index contributed by atoms with van der Waals surface area (Å²) in [6.07, 6.45) is 0. The van der Waals surface area contributed by atoms with Gasteiger partial charge in [-0.25, -0.2) is 4.39 Å². The molecule has 0 spiro atoms. The maximum absolute atomic E-state index is 12.8. The van der Waals surface area contributed by atoms with Crippen molar-refractivity contribution in [3.8, 4) is 0 Å². The molecule has 1 atom stereocenters. The SMILES string of the molecule is CNC(C(=O)Nc1ccc(F)cc1)c1ccccc1.Cl. The van der Waals surface area contributed by atoms with Gasteiger partial charge in [0.25, 0.3) is 0 Å². The summed E-state index contributed by atoms with van der Waals surface area (Å²) < 4.78 is 12.8. The molecule has 3 nitrogen and oxygen atoms in total. The third-order valence-corrected chi connectivity index (χ3v) is 2.80. The standard InChI is InChI=1S/C15H15FN2O.ClH/c1-17-14(11-5-3-2-4-6-11)15(19)18-13-9-7-12(16)8-10-13;/h2-10,14,17H,1H3,(H,18,19);1H. The van der Waals surface area contributed by atoms with Crippen LogP contribution >= 0.6 is 12.4 Å². The Bertz CT molecular complexity index is 546. The molecule has 0 aliphatic carbocycles. The van der Waals surface area contributed by atoms with Crippen molar-refractivity contribution >= 4 is 24.0 Å². The van der Waals surface area contributed by atoms with Gasteiger partial charge >= 0.3 is 0 Å². The van der Waals surface area contributed by atoms with E-state index in [-0.39, 0.29) is 24.1 Å². The number of carbonyl (C=O) groups is 1. The van der Waals surface area contributed by atoms with Gasteiger partial charge in [-0.05, 0) is 36.9 Å². The predicted octanol–water partition coefficient (Wildman–Crippen LogP) is 3.15. The van der Waals surface area contributed by atoms with Crippen LogP contribution in [0.4, 0.5) is 10.1 Å². The summed E-state index contributed by atoms with van der Waals surface area (Å²) in [5, 5.41) is 5.71. The largest absolute Gasteiger partial charge is 0.324 e. The van der Waals surface area contributed by atoms with Crippen LogP contribution in [0.2, 0.25) is 0 Å². The molecule has 5 heteroatoms. The molecule has 2 rings (SSSR count). The maximum atomic E-state index is 12.8. The summed E-state index contributed by atoms with van der Waals surface area (Å²) >= 11 is 0. The van der Waals surface area contributed by atoms with E-state index >= 15 is 0 Å². The highest BCUT2D eigenvalue weighted by atomic mass is 35.5. The highest BCUT2D eigenvalue weighted by Gasteiger charge is 2.18. The lowest BCUT2D eigenvalue weighted by molar-refractivity contribution is -0.118. The van der Waals surface area contributed by atoms with E-state index in [2.05, 4.69) is 10.6 Å². The third-order valence-electron chi connectivity index (χ3n) is 2.80. The molecule has 0 aliphatic rings. The molecule has 0 radical (unpaired) electrons. The summed E-state index contributed by atoms with van der Waals surface area (Å²) in [7, 11) is 1.72. The molecule has 0 saturated carbocycles. The smallest absolute Gasteiger partial charge is 0.246 e. The first kappa shape index (κ1) is 16.1. The second-order valence-corrected chi connectivity index (χ2v) is 4.13. The van der Waals surface area contributed by atoms with Gasteiger partial charge < -0.3 is 10.6 Å². The number of hydrogen-bond acceptors (Lipinski definition) is 2. The number of benzene rings is 2. The van der Waals surface area contributed by atoms with Gasteiger partial charge in [-0.3, -0.25) is 4.79 Å². The highest BCUT2D eigenvalue weighted by Crippen LogP contribution is 2.15. The minimum Gasteiger partial charge on any atom is -0.324 e. The molecule has 0 aliphatic heterocycles. The first-order chi connectivity index (χ1) is 9.20. The van der Waals surface area contributed by atoms with Crippen LogP contribution in [0.1, 0.15) is 11.6 Å². The molecule has 106 valence electrons.